The van der Waals surface area contributed by atoms with Crippen molar-refractivity contribution in [1.82, 2.24) is 25.1 Å². The second-order valence-corrected chi connectivity index (χ2v) is 5.68. The number of H-pyrrole nitrogens is 1. The van der Waals surface area contributed by atoms with Gasteiger partial charge in [0.2, 0.25) is 5.95 Å². The number of ether oxygens (including phenoxy) is 1. The van der Waals surface area contributed by atoms with Crippen molar-refractivity contribution in [1.29, 1.82) is 0 Å². The summed E-state index contributed by atoms with van der Waals surface area (Å²) < 4.78 is 70.2. The highest BCUT2D eigenvalue weighted by atomic mass is 19.4. The van der Waals surface area contributed by atoms with Gasteiger partial charge < -0.3 is 4.74 Å². The number of carbonyl (C=O) groups is 1. The molecule has 3 rings (SSSR count). The van der Waals surface area contributed by atoms with Gasteiger partial charge >= 0.3 is 18.2 Å². The molecule has 0 unspecified atom stereocenters. The number of methoxy groups -OCH3 is 1. The van der Waals surface area contributed by atoms with Crippen molar-refractivity contribution in [3.8, 4) is 6.01 Å². The van der Waals surface area contributed by atoms with Crippen molar-refractivity contribution >= 4 is 17.5 Å². The maximum absolute atomic E-state index is 13.8. The van der Waals surface area contributed by atoms with E-state index < -0.39 is 42.0 Å². The lowest BCUT2D eigenvalue weighted by molar-refractivity contribution is -0.141. The van der Waals surface area contributed by atoms with Crippen molar-refractivity contribution in [2.45, 2.75) is 12.7 Å². The smallest absolute Gasteiger partial charge is 0.435 e. The summed E-state index contributed by atoms with van der Waals surface area (Å²) in [5, 5.41) is 7.37. The topological polar surface area (TPSA) is 109 Å². The number of hydrogen-bond acceptors (Lipinski definition) is 6. The van der Waals surface area contributed by atoms with Gasteiger partial charge in [0.25, 0.3) is 0 Å². The van der Waals surface area contributed by atoms with Crippen LogP contribution in [0.15, 0.2) is 30.6 Å². The molecule has 0 atom stereocenters. The lowest BCUT2D eigenvalue weighted by Crippen LogP contribution is -2.35. The summed E-state index contributed by atoms with van der Waals surface area (Å²) in [5.74, 6) is -2.77. The molecule has 14 heteroatoms. The van der Waals surface area contributed by atoms with Gasteiger partial charge in [-0.15, -0.1) is 0 Å². The van der Waals surface area contributed by atoms with Gasteiger partial charge in [0.15, 0.2) is 17.3 Å². The Hall–Kier alpha value is -3.84. The van der Waals surface area contributed by atoms with E-state index in [1.165, 1.54) is 7.11 Å². The van der Waals surface area contributed by atoms with E-state index in [1.807, 2.05) is 0 Å². The Balaban J connectivity index is 1.91. The Labute approximate surface area is 164 Å². The van der Waals surface area contributed by atoms with Crippen LogP contribution >= 0.6 is 0 Å². The lowest BCUT2D eigenvalue weighted by atomic mass is 10.3. The zero-order chi connectivity index (χ0) is 21.9. The molecule has 0 aliphatic rings. The Morgan fingerprint density at radius 3 is 2.53 bits per heavy atom. The van der Waals surface area contributed by atoms with Crippen LogP contribution < -0.4 is 15.0 Å². The summed E-state index contributed by atoms with van der Waals surface area (Å²) in [5.41, 5.74) is -1.27. The summed E-state index contributed by atoms with van der Waals surface area (Å²) >= 11 is 0. The molecule has 0 fully saturated rings. The molecule has 2 N–H and O–H groups in total. The average Bonchev–Trinajstić information content (AvgIpc) is 3.18. The molecular weight excluding hydrogens is 417 g/mol. The number of nitrogens with one attached hydrogen (secondary N) is 2. The van der Waals surface area contributed by atoms with Crippen molar-refractivity contribution in [3.63, 3.8) is 0 Å². The summed E-state index contributed by atoms with van der Waals surface area (Å²) in [6, 6.07) is 1.14. The fourth-order valence-electron chi connectivity index (χ4n) is 2.27. The van der Waals surface area contributed by atoms with Gasteiger partial charge in [-0.2, -0.15) is 27.6 Å². The number of rotatable bonds is 5. The first-order valence-corrected chi connectivity index (χ1v) is 8.05. The Morgan fingerprint density at radius 2 is 1.93 bits per heavy atom. The number of aromatic amines is 1. The Bertz CT molecular complexity index is 1040. The third kappa shape index (κ3) is 4.76. The first kappa shape index (κ1) is 20.9. The average molecular weight is 429 g/mol. The predicted molar refractivity (Wildman–Crippen MR) is 91.5 cm³/mol. The van der Waals surface area contributed by atoms with E-state index in [2.05, 4.69) is 30.5 Å². The van der Waals surface area contributed by atoms with Crippen molar-refractivity contribution in [2.24, 2.45) is 0 Å². The molecule has 2 amide bonds. The van der Waals surface area contributed by atoms with E-state index in [-0.39, 0.29) is 17.4 Å². The van der Waals surface area contributed by atoms with Gasteiger partial charge in [-0.1, -0.05) is 0 Å². The Morgan fingerprint density at radius 1 is 1.23 bits per heavy atom. The van der Waals surface area contributed by atoms with Gasteiger partial charge in [0.1, 0.15) is 0 Å². The van der Waals surface area contributed by atoms with Crippen molar-refractivity contribution < 1.29 is 31.5 Å². The molecule has 0 aliphatic carbocycles. The first-order chi connectivity index (χ1) is 14.2. The summed E-state index contributed by atoms with van der Waals surface area (Å²) in [6.07, 6.45) is -2.39. The quantitative estimate of drug-likeness (QED) is 0.477. The highest BCUT2D eigenvalue weighted by molar-refractivity contribution is 6.00. The molecule has 30 heavy (non-hydrogen) atoms. The van der Waals surface area contributed by atoms with Crippen LogP contribution in [-0.4, -0.2) is 38.3 Å². The van der Waals surface area contributed by atoms with Gasteiger partial charge in [-0.05, 0) is 18.2 Å². The van der Waals surface area contributed by atoms with E-state index in [4.69, 9.17) is 4.74 Å². The number of alkyl halides is 3. The van der Waals surface area contributed by atoms with Crippen LogP contribution in [0.5, 0.6) is 6.01 Å². The van der Waals surface area contributed by atoms with Crippen LogP contribution in [0, 0.1) is 11.8 Å². The summed E-state index contributed by atoms with van der Waals surface area (Å²) in [6.45, 7) is -0.457. The number of halogens is 5. The van der Waals surface area contributed by atoms with E-state index in [9.17, 15) is 26.7 Å². The second kappa shape index (κ2) is 8.26. The third-order valence-corrected chi connectivity index (χ3v) is 3.64. The zero-order valence-corrected chi connectivity index (χ0v) is 15.0. The molecule has 0 saturated carbocycles. The third-order valence-electron chi connectivity index (χ3n) is 3.64. The fourth-order valence-corrected chi connectivity index (χ4v) is 2.27. The highest BCUT2D eigenvalue weighted by Crippen LogP contribution is 2.28. The molecule has 3 aromatic heterocycles. The van der Waals surface area contributed by atoms with Gasteiger partial charge in [-0.3, -0.25) is 15.3 Å². The van der Waals surface area contributed by atoms with E-state index in [0.29, 0.717) is 6.07 Å². The minimum absolute atomic E-state index is 0.0215. The summed E-state index contributed by atoms with van der Waals surface area (Å²) in [4.78, 5) is 24.4. The van der Waals surface area contributed by atoms with Gasteiger partial charge in [-0.25, -0.2) is 19.2 Å². The molecule has 0 aromatic carbocycles. The normalized spacial score (nSPS) is 11.3. The van der Waals surface area contributed by atoms with E-state index >= 15 is 0 Å². The molecule has 9 nitrogen and oxygen atoms in total. The number of urea groups is 1. The molecule has 0 aliphatic heterocycles. The van der Waals surface area contributed by atoms with Crippen LogP contribution in [0.4, 0.5) is 38.3 Å². The molecule has 3 aromatic rings. The molecule has 0 spiro atoms. The minimum Gasteiger partial charge on any atom is -0.467 e. The van der Waals surface area contributed by atoms with Gasteiger partial charge in [0, 0.05) is 0 Å². The zero-order valence-electron chi connectivity index (χ0n) is 15.0. The predicted octanol–water partition coefficient (Wildman–Crippen LogP) is 3.14. The number of amides is 2. The van der Waals surface area contributed by atoms with Crippen LogP contribution in [0.1, 0.15) is 11.4 Å². The molecule has 0 saturated heterocycles. The molecule has 158 valence electrons. The first-order valence-electron chi connectivity index (χ1n) is 8.05. The maximum atomic E-state index is 13.8. The Kier molecular flexibility index (Phi) is 5.75. The van der Waals surface area contributed by atoms with E-state index in [1.54, 1.807) is 0 Å². The number of carbonyl (C=O) groups excluding carboxylic acids is 1. The fraction of sp³-hybridized carbons (Fsp3) is 0.188. The van der Waals surface area contributed by atoms with Crippen LogP contribution in [-0.2, 0) is 12.7 Å². The number of nitrogens with zero attached hydrogens (tertiary/aromatic N) is 5. The minimum atomic E-state index is -4.69. The number of hydrogen-bond donors (Lipinski definition) is 2. The van der Waals surface area contributed by atoms with Crippen molar-refractivity contribution in [2.75, 3.05) is 17.3 Å². The van der Waals surface area contributed by atoms with Crippen molar-refractivity contribution in [3.05, 3.63) is 53.7 Å². The standard InChI is InChI=1S/C16H12F5N7O2/c1-30-14-22-5-9(6-23-14)28(7-8-4-11(27-26-8)16(19,20)21)15(29)25-13-10(17)2-3-12(18)24-13/h2-6H,7H2,1H3,(H,26,27)(H,24,25,29). The molecular formula is C16H12F5N7O2. The highest BCUT2D eigenvalue weighted by Gasteiger charge is 2.34. The molecule has 3 heterocycles. The van der Waals surface area contributed by atoms with Gasteiger partial charge in [0.05, 0.1) is 37.4 Å². The molecule has 0 radical (unpaired) electrons. The number of anilines is 2. The van der Waals surface area contributed by atoms with Crippen LogP contribution in [0.3, 0.4) is 0 Å². The SMILES string of the molecule is COc1ncc(N(Cc2cc(C(F)(F)F)n[nH]2)C(=O)Nc2nc(F)ccc2F)cn1. The van der Waals surface area contributed by atoms with E-state index in [0.717, 1.165) is 29.4 Å². The monoisotopic (exact) mass is 429 g/mol. The van der Waals surface area contributed by atoms with Crippen LogP contribution in [0.25, 0.3) is 0 Å². The largest absolute Gasteiger partial charge is 0.467 e. The number of pyridine rings is 1. The second-order valence-electron chi connectivity index (χ2n) is 5.68. The molecule has 0 bridgehead atoms. The number of aromatic nitrogens is 5. The maximum Gasteiger partial charge on any atom is 0.435 e. The van der Waals surface area contributed by atoms with Crippen LogP contribution in [0.2, 0.25) is 0 Å². The summed E-state index contributed by atoms with van der Waals surface area (Å²) in [7, 11) is 1.31. The lowest BCUT2D eigenvalue weighted by Gasteiger charge is -2.22.